The van der Waals surface area contributed by atoms with Crippen LogP contribution in [-0.4, -0.2) is 18.1 Å². The molecule has 3 heteroatoms. The predicted octanol–water partition coefficient (Wildman–Crippen LogP) is 2.96. The number of nitrogens with zero attached hydrogens (tertiary/aromatic N) is 2. The molecule has 0 saturated carbocycles. The highest BCUT2D eigenvalue weighted by atomic mass is 16.5. The van der Waals surface area contributed by atoms with Gasteiger partial charge in [0.25, 0.3) is 0 Å². The Morgan fingerprint density at radius 2 is 1.47 bits per heavy atom. The van der Waals surface area contributed by atoms with Crippen molar-refractivity contribution in [2.24, 2.45) is 4.99 Å². The van der Waals surface area contributed by atoms with Gasteiger partial charge < -0.3 is 0 Å². The molecule has 0 atom stereocenters. The number of hydrogen-bond acceptors (Lipinski definition) is 2. The van der Waals surface area contributed by atoms with E-state index in [2.05, 4.69) is 4.99 Å². The third-order valence-electron chi connectivity index (χ3n) is 2.45. The lowest BCUT2D eigenvalue weighted by Gasteiger charge is -2.18. The lowest BCUT2D eigenvalue weighted by Crippen LogP contribution is -2.27. The molecule has 1 N–H and O–H groups in total. The predicted molar refractivity (Wildman–Crippen MR) is 69.6 cm³/mol. The molecule has 0 amide bonds. The molecule has 0 aromatic heterocycles. The van der Waals surface area contributed by atoms with Gasteiger partial charge in [0.05, 0.1) is 5.69 Å². The average Bonchev–Trinajstić information content (AvgIpc) is 2.42. The van der Waals surface area contributed by atoms with Crippen LogP contribution in [0.15, 0.2) is 65.7 Å². The van der Waals surface area contributed by atoms with E-state index in [9.17, 15) is 5.21 Å². The first-order valence-corrected chi connectivity index (χ1v) is 5.39. The number of benzene rings is 2. The van der Waals surface area contributed by atoms with Crippen molar-refractivity contribution in [3.63, 3.8) is 0 Å². The van der Waals surface area contributed by atoms with Gasteiger partial charge in [-0.25, -0.2) is 5.06 Å². The highest BCUT2D eigenvalue weighted by molar-refractivity contribution is 6.08. The van der Waals surface area contributed by atoms with Gasteiger partial charge in [-0.3, -0.25) is 10.2 Å². The Bertz CT molecular complexity index is 494. The maximum Gasteiger partial charge on any atom is 0.160 e. The van der Waals surface area contributed by atoms with Gasteiger partial charge >= 0.3 is 0 Å². The number of aliphatic imine (C=N–C) groups is 1. The molecule has 0 bridgehead atoms. The van der Waals surface area contributed by atoms with Gasteiger partial charge in [-0.1, -0.05) is 48.5 Å². The van der Waals surface area contributed by atoms with Crippen molar-refractivity contribution in [1.82, 2.24) is 0 Å². The van der Waals surface area contributed by atoms with Gasteiger partial charge in [0, 0.05) is 12.6 Å². The number of hydroxylamine groups is 1. The lowest BCUT2D eigenvalue weighted by atomic mass is 10.2. The van der Waals surface area contributed by atoms with Gasteiger partial charge in [-0.05, 0) is 12.1 Å². The Kier molecular flexibility index (Phi) is 3.52. The molecule has 0 aliphatic carbocycles. The normalized spacial score (nSPS) is 11.3. The van der Waals surface area contributed by atoms with E-state index in [1.54, 1.807) is 7.05 Å². The van der Waals surface area contributed by atoms with E-state index in [0.717, 1.165) is 10.6 Å². The van der Waals surface area contributed by atoms with E-state index in [1.807, 2.05) is 60.7 Å². The number of para-hydroxylation sites is 1. The Hall–Kier alpha value is -2.13. The summed E-state index contributed by atoms with van der Waals surface area (Å²) in [6.07, 6.45) is 0. The molecule has 2 rings (SSSR count). The summed E-state index contributed by atoms with van der Waals surface area (Å²) >= 11 is 0. The number of rotatable bonds is 2. The van der Waals surface area contributed by atoms with Crippen LogP contribution in [0.1, 0.15) is 5.56 Å². The Balaban J connectivity index is 2.33. The second-order valence-electron chi connectivity index (χ2n) is 3.56. The fraction of sp³-hybridized carbons (Fsp3) is 0.0714. The maximum absolute atomic E-state index is 10.1. The minimum Gasteiger partial charge on any atom is -0.282 e. The van der Waals surface area contributed by atoms with E-state index in [4.69, 9.17) is 0 Å². The minimum absolute atomic E-state index is 0.525. The van der Waals surface area contributed by atoms with Crippen molar-refractivity contribution in [1.29, 1.82) is 0 Å². The summed E-state index contributed by atoms with van der Waals surface area (Å²) in [7, 11) is 1.66. The molecule has 17 heavy (non-hydrogen) atoms. The summed E-state index contributed by atoms with van der Waals surface area (Å²) < 4.78 is 0. The van der Waals surface area contributed by atoms with Crippen LogP contribution in [0.25, 0.3) is 0 Å². The van der Waals surface area contributed by atoms with Gasteiger partial charge in [-0.2, -0.15) is 0 Å². The monoisotopic (exact) mass is 226 g/mol. The fourth-order valence-corrected chi connectivity index (χ4v) is 1.62. The molecule has 0 aliphatic rings. The molecule has 0 radical (unpaired) electrons. The van der Waals surface area contributed by atoms with E-state index < -0.39 is 0 Å². The molecule has 86 valence electrons. The molecular formula is C14H14N2O. The Morgan fingerprint density at radius 3 is 2.00 bits per heavy atom. The van der Waals surface area contributed by atoms with Crippen molar-refractivity contribution >= 4 is 11.5 Å². The topological polar surface area (TPSA) is 35.8 Å². The molecule has 2 aromatic rings. The summed E-state index contributed by atoms with van der Waals surface area (Å²) in [5.74, 6) is 0.525. The molecule has 2 aromatic carbocycles. The molecule has 3 nitrogen and oxygen atoms in total. The van der Waals surface area contributed by atoms with E-state index >= 15 is 0 Å². The van der Waals surface area contributed by atoms with Crippen molar-refractivity contribution in [3.05, 3.63) is 66.2 Å². The second kappa shape index (κ2) is 5.27. The summed E-state index contributed by atoms with van der Waals surface area (Å²) in [5.41, 5.74) is 1.57. The van der Waals surface area contributed by atoms with Crippen LogP contribution >= 0.6 is 0 Å². The van der Waals surface area contributed by atoms with Crippen molar-refractivity contribution < 1.29 is 5.21 Å². The van der Waals surface area contributed by atoms with Crippen LogP contribution in [0.4, 0.5) is 5.69 Å². The average molecular weight is 226 g/mol. The molecule has 0 aliphatic heterocycles. The largest absolute Gasteiger partial charge is 0.282 e. The highest BCUT2D eigenvalue weighted by Crippen LogP contribution is 2.14. The van der Waals surface area contributed by atoms with Crippen LogP contribution < -0.4 is 5.06 Å². The smallest absolute Gasteiger partial charge is 0.160 e. The zero-order valence-corrected chi connectivity index (χ0v) is 9.62. The van der Waals surface area contributed by atoms with Gasteiger partial charge in [-0.15, -0.1) is 0 Å². The van der Waals surface area contributed by atoms with E-state index in [0.29, 0.717) is 11.5 Å². The summed E-state index contributed by atoms with van der Waals surface area (Å²) in [5, 5.41) is 11.2. The van der Waals surface area contributed by atoms with Crippen molar-refractivity contribution in [2.45, 2.75) is 0 Å². The van der Waals surface area contributed by atoms with Crippen LogP contribution in [0.2, 0.25) is 0 Å². The minimum atomic E-state index is 0.525. The van der Waals surface area contributed by atoms with Crippen LogP contribution in [-0.2, 0) is 0 Å². The molecule has 0 unspecified atom stereocenters. The first-order chi connectivity index (χ1) is 8.33. The second-order valence-corrected chi connectivity index (χ2v) is 3.56. The standard InChI is InChI=1S/C14H14N2O/c1-15-14(12-8-4-2-5-9-12)16(17)13-10-6-3-7-11-13/h2-11,17H,1H3. The van der Waals surface area contributed by atoms with Crippen LogP contribution in [0.5, 0.6) is 0 Å². The summed E-state index contributed by atoms with van der Waals surface area (Å²) in [6.45, 7) is 0. The molecule has 0 fully saturated rings. The first kappa shape index (κ1) is 11.4. The van der Waals surface area contributed by atoms with Gasteiger partial charge in [0.1, 0.15) is 0 Å². The van der Waals surface area contributed by atoms with Gasteiger partial charge in [0.15, 0.2) is 5.84 Å². The maximum atomic E-state index is 10.1. The molecule has 0 heterocycles. The first-order valence-electron chi connectivity index (χ1n) is 5.39. The molecule has 0 spiro atoms. The van der Waals surface area contributed by atoms with Crippen molar-refractivity contribution in [2.75, 3.05) is 12.1 Å². The Morgan fingerprint density at radius 1 is 0.941 bits per heavy atom. The zero-order chi connectivity index (χ0) is 12.1. The Labute approximate surface area is 101 Å². The summed E-state index contributed by atoms with van der Waals surface area (Å²) in [6, 6.07) is 18.9. The number of anilines is 1. The highest BCUT2D eigenvalue weighted by Gasteiger charge is 2.11. The van der Waals surface area contributed by atoms with Crippen molar-refractivity contribution in [3.8, 4) is 0 Å². The van der Waals surface area contributed by atoms with Gasteiger partial charge in [0.2, 0.25) is 0 Å². The lowest BCUT2D eigenvalue weighted by molar-refractivity contribution is 0.312. The fourth-order valence-electron chi connectivity index (χ4n) is 1.62. The summed E-state index contributed by atoms with van der Waals surface area (Å²) in [4.78, 5) is 4.13. The van der Waals surface area contributed by atoms with E-state index in [1.165, 1.54) is 0 Å². The number of hydrogen-bond donors (Lipinski definition) is 1. The van der Waals surface area contributed by atoms with Crippen LogP contribution in [0, 0.1) is 0 Å². The molecule has 0 saturated heterocycles. The molecular weight excluding hydrogens is 212 g/mol. The van der Waals surface area contributed by atoms with Crippen LogP contribution in [0.3, 0.4) is 0 Å². The SMILES string of the molecule is CN=C(c1ccccc1)N(O)c1ccccc1. The number of amidine groups is 1. The quantitative estimate of drug-likeness (QED) is 0.485. The third-order valence-corrected chi connectivity index (χ3v) is 2.45. The third kappa shape index (κ3) is 2.52. The van der Waals surface area contributed by atoms with E-state index in [-0.39, 0.29) is 0 Å². The zero-order valence-electron chi connectivity index (χ0n) is 9.62.